The second kappa shape index (κ2) is 6.03. The van der Waals surface area contributed by atoms with Crippen LogP contribution in [0.4, 0.5) is 5.69 Å². The normalized spacial score (nSPS) is 27.4. The van der Waals surface area contributed by atoms with Gasteiger partial charge in [-0.2, -0.15) is 0 Å². The van der Waals surface area contributed by atoms with Crippen LogP contribution in [0.25, 0.3) is 0 Å². The summed E-state index contributed by atoms with van der Waals surface area (Å²) in [4.78, 5) is 0.248. The number of nitrogens with one attached hydrogen (secondary N) is 1. The van der Waals surface area contributed by atoms with Crippen LogP contribution in [0.5, 0.6) is 0 Å². The fourth-order valence-corrected chi connectivity index (χ4v) is 5.42. The SMILES string of the molecule is CC1CC(C)CC(NS(=O)(=O)c2ccc(N)cc2Br)C1. The molecule has 1 saturated carbocycles. The molecule has 2 unspecified atom stereocenters. The molecule has 112 valence electrons. The molecule has 0 aliphatic heterocycles. The Labute approximate surface area is 129 Å². The summed E-state index contributed by atoms with van der Waals surface area (Å²) in [5, 5.41) is 0. The number of nitrogens with two attached hydrogens (primary N) is 1. The topological polar surface area (TPSA) is 72.2 Å². The van der Waals surface area contributed by atoms with Gasteiger partial charge in [0.1, 0.15) is 0 Å². The molecule has 3 N–H and O–H groups in total. The van der Waals surface area contributed by atoms with E-state index in [1.807, 2.05) is 0 Å². The van der Waals surface area contributed by atoms with Gasteiger partial charge in [0, 0.05) is 16.2 Å². The van der Waals surface area contributed by atoms with Gasteiger partial charge in [0.15, 0.2) is 0 Å². The van der Waals surface area contributed by atoms with Crippen molar-refractivity contribution in [3.8, 4) is 0 Å². The van der Waals surface area contributed by atoms with E-state index in [-0.39, 0.29) is 10.9 Å². The van der Waals surface area contributed by atoms with E-state index in [9.17, 15) is 8.42 Å². The summed E-state index contributed by atoms with van der Waals surface area (Å²) in [6.45, 7) is 4.35. The summed E-state index contributed by atoms with van der Waals surface area (Å²) in [7, 11) is -3.51. The minimum atomic E-state index is -3.51. The summed E-state index contributed by atoms with van der Waals surface area (Å²) in [5.41, 5.74) is 6.18. The lowest BCUT2D eigenvalue weighted by atomic mass is 9.81. The Hall–Kier alpha value is -0.590. The van der Waals surface area contributed by atoms with Crippen LogP contribution in [0.1, 0.15) is 33.1 Å². The highest BCUT2D eigenvalue weighted by molar-refractivity contribution is 9.10. The number of hydrogen-bond donors (Lipinski definition) is 2. The van der Waals surface area contributed by atoms with Gasteiger partial charge in [-0.25, -0.2) is 13.1 Å². The molecule has 1 aromatic carbocycles. The zero-order valence-corrected chi connectivity index (χ0v) is 14.2. The first kappa shape index (κ1) is 15.8. The maximum absolute atomic E-state index is 12.5. The van der Waals surface area contributed by atoms with Crippen molar-refractivity contribution < 1.29 is 8.42 Å². The molecule has 0 radical (unpaired) electrons. The van der Waals surface area contributed by atoms with Crippen LogP contribution < -0.4 is 10.5 Å². The fourth-order valence-electron chi connectivity index (χ4n) is 3.06. The molecule has 6 heteroatoms. The average Bonchev–Trinajstić information content (AvgIpc) is 2.25. The molecule has 1 aliphatic rings. The van der Waals surface area contributed by atoms with Crippen LogP contribution in [0.15, 0.2) is 27.6 Å². The number of sulfonamides is 1. The van der Waals surface area contributed by atoms with E-state index in [0.717, 1.165) is 12.8 Å². The Morgan fingerprint density at radius 1 is 1.20 bits per heavy atom. The molecule has 1 aromatic rings. The molecule has 0 bridgehead atoms. The summed E-state index contributed by atoms with van der Waals surface area (Å²) in [6, 6.07) is 4.77. The van der Waals surface area contributed by atoms with Gasteiger partial charge in [0.05, 0.1) is 4.90 Å². The Morgan fingerprint density at radius 2 is 1.80 bits per heavy atom. The number of rotatable bonds is 3. The van der Waals surface area contributed by atoms with Gasteiger partial charge < -0.3 is 5.73 Å². The van der Waals surface area contributed by atoms with E-state index in [4.69, 9.17) is 5.73 Å². The van der Waals surface area contributed by atoms with Crippen LogP contribution in [0, 0.1) is 11.8 Å². The largest absolute Gasteiger partial charge is 0.399 e. The van der Waals surface area contributed by atoms with Crippen molar-refractivity contribution in [1.29, 1.82) is 0 Å². The molecule has 0 spiro atoms. The summed E-state index contributed by atoms with van der Waals surface area (Å²) >= 11 is 3.27. The molecule has 2 rings (SSSR count). The Balaban J connectivity index is 2.18. The van der Waals surface area contributed by atoms with Crippen LogP contribution in [0.3, 0.4) is 0 Å². The fraction of sp³-hybridized carbons (Fsp3) is 0.571. The smallest absolute Gasteiger partial charge is 0.241 e. The van der Waals surface area contributed by atoms with Crippen molar-refractivity contribution in [1.82, 2.24) is 4.72 Å². The third kappa shape index (κ3) is 3.74. The van der Waals surface area contributed by atoms with E-state index < -0.39 is 10.0 Å². The molecular formula is C14H21BrN2O2S. The second-order valence-corrected chi connectivity index (χ2v) is 8.46. The van der Waals surface area contributed by atoms with Crippen molar-refractivity contribution in [2.45, 2.75) is 44.0 Å². The quantitative estimate of drug-likeness (QED) is 0.813. The minimum Gasteiger partial charge on any atom is -0.399 e. The first-order chi connectivity index (χ1) is 9.28. The van der Waals surface area contributed by atoms with Gasteiger partial charge in [-0.05, 0) is 65.2 Å². The summed E-state index contributed by atoms with van der Waals surface area (Å²) < 4.78 is 28.3. The number of anilines is 1. The Kier molecular flexibility index (Phi) is 4.76. The summed E-state index contributed by atoms with van der Waals surface area (Å²) in [6.07, 6.45) is 2.97. The van der Waals surface area contributed by atoms with Crippen LogP contribution in [-0.2, 0) is 10.0 Å². The molecule has 1 fully saturated rings. The van der Waals surface area contributed by atoms with Crippen molar-refractivity contribution in [2.75, 3.05) is 5.73 Å². The monoisotopic (exact) mass is 360 g/mol. The van der Waals surface area contributed by atoms with Gasteiger partial charge in [0.2, 0.25) is 10.0 Å². The first-order valence-corrected chi connectivity index (χ1v) is 9.13. The van der Waals surface area contributed by atoms with E-state index in [1.165, 1.54) is 12.5 Å². The zero-order valence-electron chi connectivity index (χ0n) is 11.8. The lowest BCUT2D eigenvalue weighted by molar-refractivity contribution is 0.257. The van der Waals surface area contributed by atoms with Crippen LogP contribution >= 0.6 is 15.9 Å². The van der Waals surface area contributed by atoms with Crippen molar-refractivity contribution >= 4 is 31.6 Å². The Morgan fingerprint density at radius 3 is 2.35 bits per heavy atom. The Bertz CT molecular complexity index is 579. The van der Waals surface area contributed by atoms with Crippen LogP contribution in [0.2, 0.25) is 0 Å². The predicted molar refractivity (Wildman–Crippen MR) is 84.8 cm³/mol. The lowest BCUT2D eigenvalue weighted by Gasteiger charge is -2.31. The molecule has 2 atom stereocenters. The average molecular weight is 361 g/mol. The maximum Gasteiger partial charge on any atom is 0.241 e. The molecule has 0 heterocycles. The first-order valence-electron chi connectivity index (χ1n) is 6.85. The highest BCUT2D eigenvalue weighted by atomic mass is 79.9. The predicted octanol–water partition coefficient (Wildman–Crippen LogP) is 3.13. The van der Waals surface area contributed by atoms with Gasteiger partial charge in [-0.3, -0.25) is 0 Å². The molecule has 0 amide bonds. The van der Waals surface area contributed by atoms with Crippen molar-refractivity contribution in [3.05, 3.63) is 22.7 Å². The number of halogens is 1. The minimum absolute atomic E-state index is 0.0169. The molecule has 4 nitrogen and oxygen atoms in total. The van der Waals surface area contributed by atoms with Crippen molar-refractivity contribution in [3.63, 3.8) is 0 Å². The highest BCUT2D eigenvalue weighted by Gasteiger charge is 2.28. The standard InChI is InChI=1S/C14H21BrN2O2S/c1-9-5-10(2)7-12(6-9)17-20(18,19)14-4-3-11(16)8-13(14)15/h3-4,8-10,12,17H,5-7,16H2,1-2H3. The number of benzene rings is 1. The molecular weight excluding hydrogens is 340 g/mol. The second-order valence-electron chi connectivity index (χ2n) is 5.93. The van der Waals surface area contributed by atoms with E-state index >= 15 is 0 Å². The highest BCUT2D eigenvalue weighted by Crippen LogP contribution is 2.30. The van der Waals surface area contributed by atoms with Crippen LogP contribution in [-0.4, -0.2) is 14.5 Å². The van der Waals surface area contributed by atoms with Crippen molar-refractivity contribution in [2.24, 2.45) is 11.8 Å². The third-order valence-corrected chi connectivity index (χ3v) is 6.24. The molecule has 1 aliphatic carbocycles. The van der Waals surface area contributed by atoms with E-state index in [0.29, 0.717) is 22.0 Å². The lowest BCUT2D eigenvalue weighted by Crippen LogP contribution is -2.40. The zero-order chi connectivity index (χ0) is 14.9. The van der Waals surface area contributed by atoms with Gasteiger partial charge in [-0.15, -0.1) is 0 Å². The van der Waals surface area contributed by atoms with E-state index in [2.05, 4.69) is 34.5 Å². The van der Waals surface area contributed by atoms with Gasteiger partial charge in [-0.1, -0.05) is 13.8 Å². The molecule has 0 aromatic heterocycles. The number of nitrogen functional groups attached to an aromatic ring is 1. The number of hydrogen-bond acceptors (Lipinski definition) is 3. The summed E-state index contributed by atoms with van der Waals surface area (Å²) in [5.74, 6) is 1.11. The maximum atomic E-state index is 12.5. The van der Waals surface area contributed by atoms with Gasteiger partial charge in [0.25, 0.3) is 0 Å². The molecule has 0 saturated heterocycles. The van der Waals surface area contributed by atoms with E-state index in [1.54, 1.807) is 12.1 Å². The molecule has 20 heavy (non-hydrogen) atoms. The third-order valence-electron chi connectivity index (χ3n) is 3.75. The van der Waals surface area contributed by atoms with Gasteiger partial charge >= 0.3 is 0 Å².